The predicted octanol–water partition coefficient (Wildman–Crippen LogP) is 2.10. The molecule has 1 rings (SSSR count). The number of alkyl halides is 4. The Morgan fingerprint density at radius 1 is 1.56 bits per heavy atom. The maximum Gasteiger partial charge on any atom is 0.394 e. The lowest BCUT2D eigenvalue weighted by molar-refractivity contribution is -0.127. The lowest BCUT2D eigenvalue weighted by Crippen LogP contribution is -2.23. The van der Waals surface area contributed by atoms with Crippen molar-refractivity contribution in [1.82, 2.24) is 10.3 Å². The van der Waals surface area contributed by atoms with Gasteiger partial charge in [-0.2, -0.15) is 13.2 Å². The van der Waals surface area contributed by atoms with E-state index in [1.54, 1.807) is 0 Å². The number of carbonyl (C=O) groups excluding carboxylic acids is 1. The van der Waals surface area contributed by atoms with Crippen molar-refractivity contribution in [3.63, 3.8) is 0 Å². The van der Waals surface area contributed by atoms with E-state index in [-0.39, 0.29) is 24.0 Å². The van der Waals surface area contributed by atoms with Gasteiger partial charge in [-0.05, 0) is 0 Å². The van der Waals surface area contributed by atoms with Crippen LogP contribution in [0, 0.1) is 0 Å². The number of hydrogen-bond acceptors (Lipinski definition) is 3. The van der Waals surface area contributed by atoms with Crippen molar-refractivity contribution >= 4 is 28.8 Å². The lowest BCUT2D eigenvalue weighted by Gasteiger charge is -2.02. The number of hydrogen-bond donors (Lipinski definition) is 1. The van der Waals surface area contributed by atoms with E-state index in [0.29, 0.717) is 5.01 Å². The van der Waals surface area contributed by atoms with Crippen molar-refractivity contribution in [2.45, 2.75) is 19.1 Å². The number of halogens is 4. The van der Waals surface area contributed by atoms with E-state index in [4.69, 9.17) is 11.6 Å². The SMILES string of the molecule is O=C(CCl)NCc1nc(CC(F)(F)F)cs1. The van der Waals surface area contributed by atoms with E-state index in [9.17, 15) is 18.0 Å². The molecule has 0 aliphatic carbocycles. The summed E-state index contributed by atoms with van der Waals surface area (Å²) in [6, 6.07) is 0. The van der Waals surface area contributed by atoms with Gasteiger partial charge in [-0.15, -0.1) is 22.9 Å². The zero-order valence-corrected chi connectivity index (χ0v) is 9.55. The first-order valence-electron chi connectivity index (χ1n) is 4.23. The van der Waals surface area contributed by atoms with Crippen LogP contribution in [-0.2, 0) is 17.8 Å². The fourth-order valence-corrected chi connectivity index (χ4v) is 1.77. The number of nitrogens with zero attached hydrogens (tertiary/aromatic N) is 1. The summed E-state index contributed by atoms with van der Waals surface area (Å²) >= 11 is 6.31. The number of nitrogens with one attached hydrogen (secondary N) is 1. The fourth-order valence-electron chi connectivity index (χ4n) is 0.938. The zero-order valence-electron chi connectivity index (χ0n) is 7.97. The fraction of sp³-hybridized carbons (Fsp3) is 0.500. The minimum Gasteiger partial charge on any atom is -0.349 e. The molecule has 3 nitrogen and oxygen atoms in total. The van der Waals surface area contributed by atoms with E-state index in [1.807, 2.05) is 0 Å². The van der Waals surface area contributed by atoms with Gasteiger partial charge in [-0.25, -0.2) is 4.98 Å². The summed E-state index contributed by atoms with van der Waals surface area (Å²) in [5.74, 6) is -0.560. The molecule has 1 aromatic heterocycles. The van der Waals surface area contributed by atoms with Crippen LogP contribution in [0.5, 0.6) is 0 Å². The van der Waals surface area contributed by atoms with E-state index in [0.717, 1.165) is 11.3 Å². The molecule has 0 radical (unpaired) electrons. The van der Waals surface area contributed by atoms with Gasteiger partial charge in [0.05, 0.1) is 18.7 Å². The lowest BCUT2D eigenvalue weighted by atomic mass is 10.3. The number of aromatic nitrogens is 1. The van der Waals surface area contributed by atoms with Gasteiger partial charge in [0.25, 0.3) is 0 Å². The first-order chi connectivity index (χ1) is 7.40. The molecule has 0 fully saturated rings. The van der Waals surface area contributed by atoms with Crippen LogP contribution >= 0.6 is 22.9 Å². The van der Waals surface area contributed by atoms with E-state index in [2.05, 4.69) is 10.3 Å². The largest absolute Gasteiger partial charge is 0.394 e. The Balaban J connectivity index is 2.49. The summed E-state index contributed by atoms with van der Waals surface area (Å²) in [4.78, 5) is 14.5. The third-order valence-corrected chi connectivity index (χ3v) is 2.68. The van der Waals surface area contributed by atoms with Crippen LogP contribution in [0.2, 0.25) is 0 Å². The maximum atomic E-state index is 12.0. The molecule has 0 bridgehead atoms. The normalized spacial score (nSPS) is 11.5. The predicted molar refractivity (Wildman–Crippen MR) is 54.4 cm³/mol. The van der Waals surface area contributed by atoms with Crippen LogP contribution in [0.15, 0.2) is 5.38 Å². The molecule has 0 aliphatic heterocycles. The van der Waals surface area contributed by atoms with E-state index in [1.165, 1.54) is 5.38 Å². The highest BCUT2D eigenvalue weighted by Gasteiger charge is 2.28. The van der Waals surface area contributed by atoms with E-state index >= 15 is 0 Å². The zero-order chi connectivity index (χ0) is 12.2. The molecule has 0 saturated heterocycles. The summed E-state index contributed by atoms with van der Waals surface area (Å²) in [6.45, 7) is 0.105. The van der Waals surface area contributed by atoms with Crippen LogP contribution < -0.4 is 5.32 Å². The highest BCUT2D eigenvalue weighted by molar-refractivity contribution is 7.09. The quantitative estimate of drug-likeness (QED) is 0.853. The van der Waals surface area contributed by atoms with Crippen molar-refractivity contribution < 1.29 is 18.0 Å². The molecule has 1 amide bonds. The highest BCUT2D eigenvalue weighted by atomic mass is 35.5. The molecule has 0 unspecified atom stereocenters. The second-order valence-electron chi connectivity index (χ2n) is 2.93. The van der Waals surface area contributed by atoms with Crippen LogP contribution in [-0.4, -0.2) is 22.9 Å². The van der Waals surface area contributed by atoms with Gasteiger partial charge < -0.3 is 5.32 Å². The second kappa shape index (κ2) is 5.49. The van der Waals surface area contributed by atoms with Crippen molar-refractivity contribution in [2.75, 3.05) is 5.88 Å². The van der Waals surface area contributed by atoms with Crippen LogP contribution in [0.25, 0.3) is 0 Å². The number of carbonyl (C=O) groups is 1. The molecule has 8 heteroatoms. The molecule has 1 N–H and O–H groups in total. The van der Waals surface area contributed by atoms with Gasteiger partial charge in [-0.3, -0.25) is 4.79 Å². The Hall–Kier alpha value is -0.820. The van der Waals surface area contributed by atoms with Gasteiger partial charge in [0, 0.05) is 5.38 Å². The third-order valence-electron chi connectivity index (χ3n) is 1.54. The Morgan fingerprint density at radius 3 is 2.81 bits per heavy atom. The first kappa shape index (κ1) is 13.2. The van der Waals surface area contributed by atoms with Gasteiger partial charge >= 0.3 is 6.18 Å². The van der Waals surface area contributed by atoms with Gasteiger partial charge in [-0.1, -0.05) is 0 Å². The first-order valence-corrected chi connectivity index (χ1v) is 5.65. The number of thiazole rings is 1. The second-order valence-corrected chi connectivity index (χ2v) is 4.14. The summed E-state index contributed by atoms with van der Waals surface area (Å²) in [6.07, 6.45) is -5.31. The minimum atomic E-state index is -4.26. The standard InChI is InChI=1S/C8H8ClF3N2OS/c9-2-6(15)13-3-7-14-5(4-16-7)1-8(10,11)12/h4H,1-3H2,(H,13,15). The van der Waals surface area contributed by atoms with Gasteiger partial charge in [0.15, 0.2) is 0 Å². The molecular weight excluding hydrogens is 265 g/mol. The summed E-state index contributed by atoms with van der Waals surface area (Å²) in [5.41, 5.74) is -0.0346. The number of rotatable bonds is 4. The molecule has 90 valence electrons. The van der Waals surface area contributed by atoms with Gasteiger partial charge in [0.2, 0.25) is 5.91 Å². The Bertz CT molecular complexity index is 366. The molecule has 1 heterocycles. The van der Waals surface area contributed by atoms with Crippen LogP contribution in [0.1, 0.15) is 10.7 Å². The summed E-state index contributed by atoms with van der Waals surface area (Å²) in [7, 11) is 0. The summed E-state index contributed by atoms with van der Waals surface area (Å²) in [5, 5.41) is 4.18. The van der Waals surface area contributed by atoms with Crippen molar-refractivity contribution in [1.29, 1.82) is 0 Å². The third kappa shape index (κ3) is 4.80. The van der Waals surface area contributed by atoms with Crippen molar-refractivity contribution in [3.8, 4) is 0 Å². The summed E-state index contributed by atoms with van der Waals surface area (Å²) < 4.78 is 36.0. The topological polar surface area (TPSA) is 42.0 Å². The monoisotopic (exact) mass is 272 g/mol. The highest BCUT2D eigenvalue weighted by Crippen LogP contribution is 2.22. The molecule has 0 aromatic carbocycles. The van der Waals surface area contributed by atoms with Crippen LogP contribution in [0.3, 0.4) is 0 Å². The molecule has 0 aliphatic rings. The molecule has 16 heavy (non-hydrogen) atoms. The van der Waals surface area contributed by atoms with Gasteiger partial charge in [0.1, 0.15) is 10.9 Å². The number of amides is 1. The molecule has 1 aromatic rings. The Labute approximate surface area is 98.6 Å². The molecule has 0 saturated carbocycles. The average molecular weight is 273 g/mol. The molecule has 0 spiro atoms. The Morgan fingerprint density at radius 2 is 2.25 bits per heavy atom. The van der Waals surface area contributed by atoms with E-state index < -0.39 is 12.6 Å². The minimum absolute atomic E-state index is 0.0346. The smallest absolute Gasteiger partial charge is 0.349 e. The molecular formula is C8H8ClF3N2OS. The van der Waals surface area contributed by atoms with Crippen molar-refractivity contribution in [2.24, 2.45) is 0 Å². The molecule has 0 atom stereocenters. The Kier molecular flexibility index (Phi) is 4.55. The maximum absolute atomic E-state index is 12.0. The average Bonchev–Trinajstić information content (AvgIpc) is 2.59. The van der Waals surface area contributed by atoms with Crippen molar-refractivity contribution in [3.05, 3.63) is 16.1 Å². The van der Waals surface area contributed by atoms with Crippen LogP contribution in [0.4, 0.5) is 13.2 Å².